The minimum Gasteiger partial charge on any atom is -0.444 e. The number of hydrogen-bond acceptors (Lipinski definition) is 8. The topological polar surface area (TPSA) is 98.8 Å². The van der Waals surface area contributed by atoms with E-state index in [9.17, 15) is 4.79 Å². The van der Waals surface area contributed by atoms with Gasteiger partial charge in [-0.3, -0.25) is 4.68 Å². The van der Waals surface area contributed by atoms with Crippen LogP contribution in [0.1, 0.15) is 34.6 Å². The minimum absolute atomic E-state index is 0.297. The standard InChI is InChI=1S/C23H32N6O4/c1-22(2,3)32-21(30)28-11-9-27(10-12-28)20-25-19(26-33-20)16-7-8-17-14-24-29(18(17)13-16)23(4,5)15-31-6/h7-8,13-14H,9-12,15H2,1-6H3. The number of nitrogens with zero attached hydrogens (tertiary/aromatic N) is 6. The fourth-order valence-electron chi connectivity index (χ4n) is 3.92. The number of aromatic nitrogens is 4. The number of rotatable bonds is 5. The highest BCUT2D eigenvalue weighted by atomic mass is 16.6. The molecule has 0 aliphatic carbocycles. The molecule has 10 heteroatoms. The van der Waals surface area contributed by atoms with Crippen molar-refractivity contribution in [2.45, 2.75) is 45.8 Å². The average Bonchev–Trinajstić information content (AvgIpc) is 3.40. The fourth-order valence-corrected chi connectivity index (χ4v) is 3.92. The molecule has 10 nitrogen and oxygen atoms in total. The second-order valence-electron chi connectivity index (χ2n) is 9.93. The lowest BCUT2D eigenvalue weighted by Crippen LogP contribution is -2.50. The summed E-state index contributed by atoms with van der Waals surface area (Å²) >= 11 is 0. The van der Waals surface area contributed by atoms with Crippen LogP contribution in [0.4, 0.5) is 10.8 Å². The van der Waals surface area contributed by atoms with E-state index in [2.05, 4.69) is 29.1 Å². The zero-order valence-electron chi connectivity index (χ0n) is 20.2. The molecular formula is C23H32N6O4. The van der Waals surface area contributed by atoms with Crippen molar-refractivity contribution in [3.05, 3.63) is 24.4 Å². The molecule has 1 aromatic carbocycles. The third-order valence-electron chi connectivity index (χ3n) is 5.52. The lowest BCUT2D eigenvalue weighted by Gasteiger charge is -2.34. The molecule has 0 bridgehead atoms. The van der Waals surface area contributed by atoms with Crippen molar-refractivity contribution in [1.82, 2.24) is 24.8 Å². The summed E-state index contributed by atoms with van der Waals surface area (Å²) in [5.74, 6) is 0.513. The first kappa shape index (κ1) is 23.0. The van der Waals surface area contributed by atoms with Gasteiger partial charge in [0.2, 0.25) is 5.82 Å². The van der Waals surface area contributed by atoms with E-state index in [4.69, 9.17) is 14.0 Å². The molecule has 0 unspecified atom stereocenters. The van der Waals surface area contributed by atoms with E-state index in [1.807, 2.05) is 54.7 Å². The highest BCUT2D eigenvalue weighted by Gasteiger charge is 2.28. The molecule has 1 aliphatic heterocycles. The maximum Gasteiger partial charge on any atom is 0.410 e. The van der Waals surface area contributed by atoms with Crippen LogP contribution in [0.15, 0.2) is 28.9 Å². The Bertz CT molecular complexity index is 1120. The largest absolute Gasteiger partial charge is 0.444 e. The Morgan fingerprint density at radius 1 is 1.12 bits per heavy atom. The molecule has 1 saturated heterocycles. The molecule has 0 radical (unpaired) electrons. The van der Waals surface area contributed by atoms with Crippen molar-refractivity contribution in [2.75, 3.05) is 44.8 Å². The van der Waals surface area contributed by atoms with E-state index >= 15 is 0 Å². The third-order valence-corrected chi connectivity index (χ3v) is 5.52. The predicted octanol–water partition coefficient (Wildman–Crippen LogP) is 3.52. The number of fused-ring (bicyclic) bond motifs is 1. The van der Waals surface area contributed by atoms with E-state index in [0.717, 1.165) is 16.5 Å². The van der Waals surface area contributed by atoms with E-state index in [0.29, 0.717) is 44.6 Å². The van der Waals surface area contributed by atoms with E-state index < -0.39 is 5.60 Å². The normalized spacial score (nSPS) is 15.3. The Morgan fingerprint density at radius 3 is 2.52 bits per heavy atom. The van der Waals surface area contributed by atoms with Crippen LogP contribution in [0.25, 0.3) is 22.3 Å². The highest BCUT2D eigenvalue weighted by molar-refractivity contribution is 5.83. The Balaban J connectivity index is 1.48. The number of amides is 1. The molecule has 1 amide bonds. The van der Waals surface area contributed by atoms with Gasteiger partial charge in [-0.1, -0.05) is 17.3 Å². The van der Waals surface area contributed by atoms with Gasteiger partial charge < -0.3 is 23.8 Å². The highest BCUT2D eigenvalue weighted by Crippen LogP contribution is 2.28. The van der Waals surface area contributed by atoms with Crippen molar-refractivity contribution in [1.29, 1.82) is 0 Å². The number of piperazine rings is 1. The van der Waals surface area contributed by atoms with Crippen LogP contribution in [0.3, 0.4) is 0 Å². The van der Waals surface area contributed by atoms with Crippen LogP contribution in [0, 0.1) is 0 Å². The molecule has 2 aromatic heterocycles. The molecule has 0 N–H and O–H groups in total. The number of hydrogen-bond donors (Lipinski definition) is 0. The van der Waals surface area contributed by atoms with Gasteiger partial charge in [-0.2, -0.15) is 10.1 Å². The SMILES string of the molecule is COCC(C)(C)n1ncc2ccc(-c3noc(N4CCN(C(=O)OC(C)(C)C)CC4)n3)cc21. The van der Waals surface area contributed by atoms with Gasteiger partial charge in [-0.05, 0) is 40.7 Å². The molecule has 0 spiro atoms. The summed E-state index contributed by atoms with van der Waals surface area (Å²) in [4.78, 5) is 20.6. The summed E-state index contributed by atoms with van der Waals surface area (Å²) in [6.45, 7) is 12.6. The lowest BCUT2D eigenvalue weighted by molar-refractivity contribution is 0.0238. The van der Waals surface area contributed by atoms with Crippen molar-refractivity contribution in [3.63, 3.8) is 0 Å². The molecule has 0 saturated carbocycles. The van der Waals surface area contributed by atoms with Crippen LogP contribution in [-0.4, -0.2) is 76.4 Å². The molecule has 178 valence electrons. The van der Waals surface area contributed by atoms with Crippen LogP contribution in [0.5, 0.6) is 0 Å². The first-order valence-corrected chi connectivity index (χ1v) is 11.1. The Labute approximate surface area is 193 Å². The van der Waals surface area contributed by atoms with Crippen LogP contribution in [-0.2, 0) is 15.0 Å². The summed E-state index contributed by atoms with van der Waals surface area (Å²) < 4.78 is 18.3. The third kappa shape index (κ3) is 4.95. The average molecular weight is 457 g/mol. The second-order valence-corrected chi connectivity index (χ2v) is 9.93. The minimum atomic E-state index is -0.509. The summed E-state index contributed by atoms with van der Waals surface area (Å²) in [6, 6.07) is 6.44. The number of anilines is 1. The van der Waals surface area contributed by atoms with Crippen LogP contribution >= 0.6 is 0 Å². The summed E-state index contributed by atoms with van der Waals surface area (Å²) in [5.41, 5.74) is 1.02. The summed E-state index contributed by atoms with van der Waals surface area (Å²) in [5, 5.41) is 9.79. The van der Waals surface area contributed by atoms with Gasteiger partial charge in [0.05, 0.1) is 23.9 Å². The Kier molecular flexibility index (Phi) is 6.04. The molecule has 3 aromatic rings. The molecule has 3 heterocycles. The maximum absolute atomic E-state index is 12.3. The quantitative estimate of drug-likeness (QED) is 0.575. The molecular weight excluding hydrogens is 424 g/mol. The smallest absolute Gasteiger partial charge is 0.410 e. The van der Waals surface area contributed by atoms with Crippen molar-refractivity contribution < 1.29 is 18.8 Å². The Morgan fingerprint density at radius 2 is 1.85 bits per heavy atom. The molecule has 4 rings (SSSR count). The molecule has 33 heavy (non-hydrogen) atoms. The zero-order chi connectivity index (χ0) is 23.8. The monoisotopic (exact) mass is 456 g/mol. The lowest BCUT2D eigenvalue weighted by atomic mass is 10.1. The Hall–Kier alpha value is -3.14. The van der Waals surface area contributed by atoms with Gasteiger partial charge in [0.25, 0.3) is 0 Å². The zero-order valence-corrected chi connectivity index (χ0v) is 20.2. The van der Waals surface area contributed by atoms with Gasteiger partial charge in [0.15, 0.2) is 0 Å². The van der Waals surface area contributed by atoms with Gasteiger partial charge in [0, 0.05) is 44.2 Å². The number of benzene rings is 1. The second kappa shape index (κ2) is 8.66. The van der Waals surface area contributed by atoms with Gasteiger partial charge in [-0.15, -0.1) is 0 Å². The van der Waals surface area contributed by atoms with Crippen molar-refractivity contribution >= 4 is 23.0 Å². The maximum atomic E-state index is 12.3. The number of ether oxygens (including phenoxy) is 2. The van der Waals surface area contributed by atoms with Gasteiger partial charge >= 0.3 is 12.1 Å². The van der Waals surface area contributed by atoms with Gasteiger partial charge in [0.1, 0.15) is 5.60 Å². The van der Waals surface area contributed by atoms with Crippen LogP contribution < -0.4 is 4.90 Å². The number of carbonyl (C=O) groups is 1. The van der Waals surface area contributed by atoms with E-state index in [1.165, 1.54) is 0 Å². The molecule has 0 atom stereocenters. The molecule has 1 fully saturated rings. The first-order valence-electron chi connectivity index (χ1n) is 11.1. The summed E-state index contributed by atoms with van der Waals surface area (Å²) in [6.07, 6.45) is 1.55. The number of methoxy groups -OCH3 is 1. The molecule has 1 aliphatic rings. The van der Waals surface area contributed by atoms with E-state index in [1.54, 1.807) is 12.0 Å². The van der Waals surface area contributed by atoms with Crippen molar-refractivity contribution in [2.24, 2.45) is 0 Å². The van der Waals surface area contributed by atoms with Crippen molar-refractivity contribution in [3.8, 4) is 11.4 Å². The predicted molar refractivity (Wildman–Crippen MR) is 124 cm³/mol. The van der Waals surface area contributed by atoms with E-state index in [-0.39, 0.29) is 11.6 Å². The van der Waals surface area contributed by atoms with Crippen LogP contribution in [0.2, 0.25) is 0 Å². The fraction of sp³-hybridized carbons (Fsp3) is 0.565. The first-order chi connectivity index (χ1) is 15.6. The van der Waals surface area contributed by atoms with Gasteiger partial charge in [-0.25, -0.2) is 4.79 Å². The number of carbonyl (C=O) groups excluding carboxylic acids is 1. The summed E-state index contributed by atoms with van der Waals surface area (Å²) in [7, 11) is 1.69.